The van der Waals surface area contributed by atoms with Gasteiger partial charge in [0.15, 0.2) is 0 Å². The molecule has 7 heteroatoms. The largest absolute Gasteiger partial charge is 0.348 e. The predicted octanol–water partition coefficient (Wildman–Crippen LogP) is 2.41. The molecule has 2 aliphatic rings. The van der Waals surface area contributed by atoms with E-state index in [0.29, 0.717) is 0 Å². The number of piperazine rings is 1. The van der Waals surface area contributed by atoms with Crippen molar-refractivity contribution >= 4 is 11.8 Å². The first-order valence-corrected chi connectivity index (χ1v) is 11.2. The number of nitrogens with one attached hydrogen (secondary N) is 1. The lowest BCUT2D eigenvalue weighted by atomic mass is 10.1. The molecule has 3 atom stereocenters. The number of nitrogens with zero attached hydrogens (tertiary/aromatic N) is 3. The summed E-state index contributed by atoms with van der Waals surface area (Å²) in [7, 11) is 0. The molecule has 3 rings (SSSR count). The Bertz CT molecular complexity index is 712. The van der Waals surface area contributed by atoms with Gasteiger partial charge in [-0.3, -0.25) is 19.4 Å². The van der Waals surface area contributed by atoms with Gasteiger partial charge >= 0.3 is 0 Å². The van der Waals surface area contributed by atoms with E-state index in [1.54, 1.807) is 12.1 Å². The number of benzene rings is 1. The fourth-order valence-electron chi connectivity index (χ4n) is 4.38. The SMILES string of the molecule is C[C@H](NC(=O)[C@H](C)N1CCN([C@@H](C)C(=O)N2CCCCC2)CC1)c1ccc(F)cc1. The molecule has 2 amide bonds. The number of amides is 2. The number of carbonyl (C=O) groups excluding carboxylic acids is 2. The zero-order valence-electron chi connectivity index (χ0n) is 18.4. The lowest BCUT2D eigenvalue weighted by Gasteiger charge is -2.41. The average Bonchev–Trinajstić information content (AvgIpc) is 2.78. The Hall–Kier alpha value is -1.99. The Kier molecular flexibility index (Phi) is 7.83. The molecule has 0 aromatic heterocycles. The minimum Gasteiger partial charge on any atom is -0.348 e. The molecule has 0 saturated carbocycles. The van der Waals surface area contributed by atoms with E-state index in [1.807, 2.05) is 25.7 Å². The summed E-state index contributed by atoms with van der Waals surface area (Å²) in [6.45, 7) is 10.7. The van der Waals surface area contributed by atoms with E-state index < -0.39 is 0 Å². The van der Waals surface area contributed by atoms with Crippen molar-refractivity contribution in [3.05, 3.63) is 35.6 Å². The van der Waals surface area contributed by atoms with E-state index in [0.717, 1.165) is 57.7 Å². The second-order valence-electron chi connectivity index (χ2n) is 8.59. The molecule has 2 heterocycles. The molecule has 0 bridgehead atoms. The van der Waals surface area contributed by atoms with Crippen molar-refractivity contribution in [2.75, 3.05) is 39.3 Å². The molecule has 2 fully saturated rings. The van der Waals surface area contributed by atoms with Crippen LogP contribution in [0.25, 0.3) is 0 Å². The lowest BCUT2D eigenvalue weighted by Crippen LogP contribution is -2.58. The second-order valence-corrected chi connectivity index (χ2v) is 8.59. The second kappa shape index (κ2) is 10.4. The molecule has 30 heavy (non-hydrogen) atoms. The van der Waals surface area contributed by atoms with Crippen molar-refractivity contribution in [2.24, 2.45) is 0 Å². The number of hydrogen-bond acceptors (Lipinski definition) is 4. The van der Waals surface area contributed by atoms with E-state index in [2.05, 4.69) is 15.1 Å². The fraction of sp³-hybridized carbons (Fsp3) is 0.652. The molecule has 166 valence electrons. The van der Waals surface area contributed by atoms with Crippen molar-refractivity contribution in [1.82, 2.24) is 20.0 Å². The lowest BCUT2D eigenvalue weighted by molar-refractivity contribution is -0.139. The van der Waals surface area contributed by atoms with Crippen LogP contribution in [0.15, 0.2) is 24.3 Å². The zero-order valence-corrected chi connectivity index (χ0v) is 18.4. The Morgan fingerprint density at radius 2 is 1.37 bits per heavy atom. The standard InChI is InChI=1S/C23H35FN4O2/c1-17(20-7-9-21(24)10-8-20)25-22(29)18(2)26-13-15-27(16-14-26)19(3)23(30)28-11-5-4-6-12-28/h7-10,17-19H,4-6,11-16H2,1-3H3,(H,25,29)/t17-,18-,19-/m0/s1. The quantitative estimate of drug-likeness (QED) is 0.771. The first-order chi connectivity index (χ1) is 14.4. The minimum absolute atomic E-state index is 0.0299. The third-order valence-electron chi connectivity index (χ3n) is 6.58. The maximum Gasteiger partial charge on any atom is 0.239 e. The van der Waals surface area contributed by atoms with Crippen LogP contribution in [0.4, 0.5) is 4.39 Å². The van der Waals surface area contributed by atoms with Crippen LogP contribution in [0.5, 0.6) is 0 Å². The molecule has 1 aromatic carbocycles. The van der Waals surface area contributed by atoms with Gasteiger partial charge in [0, 0.05) is 39.3 Å². The van der Waals surface area contributed by atoms with Gasteiger partial charge in [-0.05, 0) is 57.7 Å². The Balaban J connectivity index is 1.47. The summed E-state index contributed by atoms with van der Waals surface area (Å²) in [6.07, 6.45) is 3.43. The Morgan fingerprint density at radius 3 is 1.93 bits per heavy atom. The van der Waals surface area contributed by atoms with Crippen LogP contribution >= 0.6 is 0 Å². The molecule has 2 saturated heterocycles. The highest BCUT2D eigenvalue weighted by molar-refractivity contribution is 5.82. The summed E-state index contributed by atoms with van der Waals surface area (Å²) in [6, 6.07) is 5.69. The van der Waals surface area contributed by atoms with Crippen LogP contribution in [-0.2, 0) is 9.59 Å². The van der Waals surface area contributed by atoms with Gasteiger partial charge in [0.2, 0.25) is 11.8 Å². The molecule has 0 radical (unpaired) electrons. The maximum atomic E-state index is 13.1. The molecule has 6 nitrogen and oxygen atoms in total. The van der Waals surface area contributed by atoms with Gasteiger partial charge < -0.3 is 10.2 Å². The maximum absolute atomic E-state index is 13.1. The fourth-order valence-corrected chi connectivity index (χ4v) is 4.38. The minimum atomic E-state index is -0.281. The predicted molar refractivity (Wildman–Crippen MR) is 115 cm³/mol. The molecule has 0 unspecified atom stereocenters. The summed E-state index contributed by atoms with van der Waals surface area (Å²) in [5.74, 6) is -0.0729. The number of carbonyl (C=O) groups is 2. The van der Waals surface area contributed by atoms with Crippen molar-refractivity contribution in [2.45, 2.75) is 58.2 Å². The number of hydrogen-bond donors (Lipinski definition) is 1. The molecule has 0 aliphatic carbocycles. The van der Waals surface area contributed by atoms with Crippen LogP contribution < -0.4 is 5.32 Å². The van der Waals surface area contributed by atoms with Crippen LogP contribution in [0.1, 0.15) is 51.6 Å². The summed E-state index contributed by atoms with van der Waals surface area (Å²) in [4.78, 5) is 31.9. The normalized spacial score (nSPS) is 21.7. The third kappa shape index (κ3) is 5.58. The Labute approximate surface area is 179 Å². The van der Waals surface area contributed by atoms with Crippen LogP contribution in [0.3, 0.4) is 0 Å². The van der Waals surface area contributed by atoms with E-state index in [-0.39, 0.29) is 35.8 Å². The molecular weight excluding hydrogens is 383 g/mol. The van der Waals surface area contributed by atoms with Gasteiger partial charge in [0.05, 0.1) is 18.1 Å². The van der Waals surface area contributed by atoms with Gasteiger partial charge in [-0.15, -0.1) is 0 Å². The third-order valence-corrected chi connectivity index (χ3v) is 6.58. The number of piperidine rings is 1. The first kappa shape index (κ1) is 22.7. The molecule has 2 aliphatic heterocycles. The highest BCUT2D eigenvalue weighted by Crippen LogP contribution is 2.17. The number of halogens is 1. The number of rotatable bonds is 6. The molecule has 1 N–H and O–H groups in total. The van der Waals surface area contributed by atoms with Crippen molar-refractivity contribution in [3.8, 4) is 0 Å². The zero-order chi connectivity index (χ0) is 21.7. The van der Waals surface area contributed by atoms with Gasteiger partial charge in [-0.25, -0.2) is 4.39 Å². The van der Waals surface area contributed by atoms with Crippen molar-refractivity contribution < 1.29 is 14.0 Å². The van der Waals surface area contributed by atoms with Crippen LogP contribution in [0.2, 0.25) is 0 Å². The summed E-state index contributed by atoms with van der Waals surface area (Å²) in [5, 5.41) is 3.03. The molecule has 0 spiro atoms. The highest BCUT2D eigenvalue weighted by atomic mass is 19.1. The van der Waals surface area contributed by atoms with Crippen molar-refractivity contribution in [1.29, 1.82) is 0 Å². The van der Waals surface area contributed by atoms with Gasteiger partial charge in [0.25, 0.3) is 0 Å². The van der Waals surface area contributed by atoms with E-state index in [9.17, 15) is 14.0 Å². The van der Waals surface area contributed by atoms with E-state index in [1.165, 1.54) is 18.6 Å². The van der Waals surface area contributed by atoms with Gasteiger partial charge in [-0.1, -0.05) is 12.1 Å². The number of likely N-dealkylation sites (tertiary alicyclic amines) is 1. The first-order valence-electron chi connectivity index (χ1n) is 11.2. The molecule has 1 aromatic rings. The van der Waals surface area contributed by atoms with E-state index in [4.69, 9.17) is 0 Å². The monoisotopic (exact) mass is 418 g/mol. The van der Waals surface area contributed by atoms with Gasteiger partial charge in [0.1, 0.15) is 5.82 Å². The average molecular weight is 419 g/mol. The van der Waals surface area contributed by atoms with Gasteiger partial charge in [-0.2, -0.15) is 0 Å². The summed E-state index contributed by atoms with van der Waals surface area (Å²) in [5.41, 5.74) is 0.881. The Morgan fingerprint density at radius 1 is 0.833 bits per heavy atom. The summed E-state index contributed by atoms with van der Waals surface area (Å²) < 4.78 is 13.1. The highest BCUT2D eigenvalue weighted by Gasteiger charge is 2.32. The summed E-state index contributed by atoms with van der Waals surface area (Å²) >= 11 is 0. The van der Waals surface area contributed by atoms with Crippen molar-refractivity contribution in [3.63, 3.8) is 0 Å². The smallest absolute Gasteiger partial charge is 0.239 e. The molecular formula is C23H35FN4O2. The topological polar surface area (TPSA) is 55.9 Å². The van der Waals surface area contributed by atoms with E-state index >= 15 is 0 Å². The van der Waals surface area contributed by atoms with Crippen LogP contribution in [-0.4, -0.2) is 77.9 Å². The van der Waals surface area contributed by atoms with Crippen LogP contribution in [0, 0.1) is 5.82 Å².